The molecule has 0 radical (unpaired) electrons. The van der Waals surface area contributed by atoms with E-state index in [-0.39, 0.29) is 4.75 Å². The number of fused-ring (bicyclic) bond motifs is 1. The van der Waals surface area contributed by atoms with E-state index in [1.807, 2.05) is 11.7 Å². The molecule has 3 nitrogen and oxygen atoms in total. The maximum absolute atomic E-state index is 4.47. The van der Waals surface area contributed by atoms with Gasteiger partial charge in [-0.3, -0.25) is 9.40 Å². The number of aryl methyl sites for hydroxylation is 2. The summed E-state index contributed by atoms with van der Waals surface area (Å²) in [5.41, 5.74) is 3.59. The number of rotatable bonds is 3. The first-order chi connectivity index (χ1) is 8.78. The van der Waals surface area contributed by atoms with Crippen molar-refractivity contribution in [2.24, 2.45) is 7.05 Å². The third-order valence-electron chi connectivity index (χ3n) is 3.10. The van der Waals surface area contributed by atoms with Gasteiger partial charge < -0.3 is 0 Å². The predicted molar refractivity (Wildman–Crippen MR) is 84.3 cm³/mol. The van der Waals surface area contributed by atoms with E-state index < -0.39 is 0 Å². The van der Waals surface area contributed by atoms with Crippen LogP contribution in [0.3, 0.4) is 0 Å². The molecule has 1 atom stereocenters. The Morgan fingerprint density at radius 3 is 2.63 bits per heavy atom. The van der Waals surface area contributed by atoms with Crippen molar-refractivity contribution < 1.29 is 0 Å². The molecule has 2 aromatic rings. The first kappa shape index (κ1) is 14.4. The summed E-state index contributed by atoms with van der Waals surface area (Å²) in [5, 5.41) is 5.70. The fourth-order valence-corrected chi connectivity index (χ4v) is 2.72. The third-order valence-corrected chi connectivity index (χ3v) is 4.19. The van der Waals surface area contributed by atoms with E-state index in [0.29, 0.717) is 6.04 Å². The molecule has 0 aliphatic heterocycles. The molecule has 1 unspecified atom stereocenters. The maximum atomic E-state index is 4.47. The molecule has 104 valence electrons. The smallest absolute Gasteiger partial charge is 0.0685 e. The molecule has 0 saturated heterocycles. The molecule has 1 N–H and O–H groups in total. The fourth-order valence-electron chi connectivity index (χ4n) is 2.06. The molecule has 0 amide bonds. The lowest BCUT2D eigenvalue weighted by molar-refractivity contribution is 0.723. The van der Waals surface area contributed by atoms with E-state index in [2.05, 4.69) is 62.6 Å². The first-order valence-corrected chi connectivity index (χ1v) is 7.46. The Morgan fingerprint density at radius 1 is 1.32 bits per heavy atom. The van der Waals surface area contributed by atoms with Gasteiger partial charge in [-0.25, -0.2) is 0 Å². The SMILES string of the molecule is Cc1nn(C)c2cc(C(C)NSC(C)(C)C)ccc12. The number of nitrogens with one attached hydrogen (secondary N) is 1. The molecule has 2 rings (SSSR count). The lowest BCUT2D eigenvalue weighted by atomic mass is 10.1. The highest BCUT2D eigenvalue weighted by molar-refractivity contribution is 7.98. The monoisotopic (exact) mass is 277 g/mol. The van der Waals surface area contributed by atoms with Crippen LogP contribution in [0.5, 0.6) is 0 Å². The second-order valence-corrected chi connectivity index (χ2v) is 7.70. The van der Waals surface area contributed by atoms with Crippen molar-refractivity contribution in [2.45, 2.75) is 45.4 Å². The highest BCUT2D eigenvalue weighted by atomic mass is 32.2. The molecule has 0 aliphatic rings. The van der Waals surface area contributed by atoms with Crippen LogP contribution in [0.2, 0.25) is 0 Å². The highest BCUT2D eigenvalue weighted by Gasteiger charge is 2.14. The van der Waals surface area contributed by atoms with Gasteiger partial charge in [0, 0.05) is 23.2 Å². The summed E-state index contributed by atoms with van der Waals surface area (Å²) in [4.78, 5) is 0. The molecule has 1 heterocycles. The minimum Gasteiger partial charge on any atom is -0.268 e. The summed E-state index contributed by atoms with van der Waals surface area (Å²) >= 11 is 1.78. The van der Waals surface area contributed by atoms with Crippen LogP contribution in [-0.4, -0.2) is 14.5 Å². The Labute approximate surface area is 119 Å². The average molecular weight is 277 g/mol. The Morgan fingerprint density at radius 2 is 2.00 bits per heavy atom. The van der Waals surface area contributed by atoms with Crippen LogP contribution in [0.4, 0.5) is 0 Å². The Bertz CT molecular complexity index is 581. The summed E-state index contributed by atoms with van der Waals surface area (Å²) in [6.45, 7) is 10.9. The summed E-state index contributed by atoms with van der Waals surface area (Å²) < 4.78 is 5.70. The average Bonchev–Trinajstić information content (AvgIpc) is 2.61. The van der Waals surface area contributed by atoms with E-state index in [0.717, 1.165) is 5.69 Å². The number of hydrogen-bond donors (Lipinski definition) is 1. The van der Waals surface area contributed by atoms with Crippen LogP contribution in [0.1, 0.15) is 45.0 Å². The zero-order valence-electron chi connectivity index (χ0n) is 12.6. The molecule has 19 heavy (non-hydrogen) atoms. The number of nitrogens with zero attached hydrogens (tertiary/aromatic N) is 2. The van der Waals surface area contributed by atoms with Crippen molar-refractivity contribution in [3.63, 3.8) is 0 Å². The van der Waals surface area contributed by atoms with Gasteiger partial charge >= 0.3 is 0 Å². The Hall–Kier alpha value is -1.00. The van der Waals surface area contributed by atoms with Crippen LogP contribution in [0.25, 0.3) is 10.9 Å². The van der Waals surface area contributed by atoms with Crippen LogP contribution < -0.4 is 4.72 Å². The first-order valence-electron chi connectivity index (χ1n) is 6.65. The molecule has 0 spiro atoms. The van der Waals surface area contributed by atoms with Crippen molar-refractivity contribution in [1.82, 2.24) is 14.5 Å². The van der Waals surface area contributed by atoms with Gasteiger partial charge in [0.25, 0.3) is 0 Å². The van der Waals surface area contributed by atoms with Crippen molar-refractivity contribution in [3.8, 4) is 0 Å². The topological polar surface area (TPSA) is 29.9 Å². The van der Waals surface area contributed by atoms with Crippen molar-refractivity contribution in [3.05, 3.63) is 29.5 Å². The standard InChI is InChI=1S/C15H23N3S/c1-10(17-19-15(3,4)5)12-7-8-13-11(2)16-18(6)14(13)9-12/h7-10,17H,1-6H3. The van der Waals surface area contributed by atoms with E-state index in [9.17, 15) is 0 Å². The van der Waals surface area contributed by atoms with E-state index >= 15 is 0 Å². The van der Waals surface area contributed by atoms with Gasteiger partial charge in [0.05, 0.1) is 11.2 Å². The van der Waals surface area contributed by atoms with Crippen LogP contribution in [0, 0.1) is 6.92 Å². The van der Waals surface area contributed by atoms with E-state index in [1.165, 1.54) is 16.5 Å². The minimum absolute atomic E-state index is 0.224. The number of benzene rings is 1. The van der Waals surface area contributed by atoms with E-state index in [4.69, 9.17) is 0 Å². The van der Waals surface area contributed by atoms with Gasteiger partial charge in [0.1, 0.15) is 0 Å². The molecule has 1 aromatic heterocycles. The van der Waals surface area contributed by atoms with Crippen LogP contribution in [-0.2, 0) is 7.05 Å². The summed E-state index contributed by atoms with van der Waals surface area (Å²) in [7, 11) is 2.00. The van der Waals surface area contributed by atoms with Gasteiger partial charge in [0.15, 0.2) is 0 Å². The number of aromatic nitrogens is 2. The lowest BCUT2D eigenvalue weighted by Crippen LogP contribution is -2.19. The van der Waals surface area contributed by atoms with Gasteiger partial charge in [-0.05, 0) is 46.2 Å². The molecular formula is C15H23N3S. The molecular weight excluding hydrogens is 254 g/mol. The molecule has 0 saturated carbocycles. The second-order valence-electron chi connectivity index (χ2n) is 6.04. The Balaban J connectivity index is 2.23. The zero-order chi connectivity index (χ0) is 14.2. The second kappa shape index (κ2) is 5.17. The normalized spacial score (nSPS) is 14.0. The predicted octanol–water partition coefficient (Wildman–Crippen LogP) is 3.98. The highest BCUT2D eigenvalue weighted by Crippen LogP contribution is 2.26. The molecule has 0 fully saturated rings. The zero-order valence-corrected chi connectivity index (χ0v) is 13.4. The van der Waals surface area contributed by atoms with Crippen LogP contribution >= 0.6 is 11.9 Å². The van der Waals surface area contributed by atoms with Crippen molar-refractivity contribution >= 4 is 22.9 Å². The van der Waals surface area contributed by atoms with Gasteiger partial charge in [0.2, 0.25) is 0 Å². The fraction of sp³-hybridized carbons (Fsp3) is 0.533. The van der Waals surface area contributed by atoms with Crippen molar-refractivity contribution in [1.29, 1.82) is 0 Å². The minimum atomic E-state index is 0.224. The quantitative estimate of drug-likeness (QED) is 0.861. The van der Waals surface area contributed by atoms with Crippen LogP contribution in [0.15, 0.2) is 18.2 Å². The van der Waals surface area contributed by atoms with Crippen molar-refractivity contribution in [2.75, 3.05) is 0 Å². The lowest BCUT2D eigenvalue weighted by Gasteiger charge is -2.22. The third kappa shape index (κ3) is 3.31. The largest absolute Gasteiger partial charge is 0.268 e. The number of hydrogen-bond acceptors (Lipinski definition) is 3. The molecule has 1 aromatic carbocycles. The molecule has 4 heteroatoms. The Kier molecular flexibility index (Phi) is 3.92. The maximum Gasteiger partial charge on any atom is 0.0685 e. The van der Waals surface area contributed by atoms with Gasteiger partial charge in [-0.15, -0.1) is 0 Å². The van der Waals surface area contributed by atoms with Gasteiger partial charge in [-0.2, -0.15) is 5.10 Å². The molecule has 0 aliphatic carbocycles. The van der Waals surface area contributed by atoms with E-state index in [1.54, 1.807) is 11.9 Å². The summed E-state index contributed by atoms with van der Waals surface area (Å²) in [6, 6.07) is 6.92. The summed E-state index contributed by atoms with van der Waals surface area (Å²) in [5.74, 6) is 0. The van der Waals surface area contributed by atoms with Gasteiger partial charge in [-0.1, -0.05) is 24.1 Å². The summed E-state index contributed by atoms with van der Waals surface area (Å²) in [6.07, 6.45) is 0. The molecule has 0 bridgehead atoms.